The van der Waals surface area contributed by atoms with Crippen molar-refractivity contribution in [2.24, 2.45) is 4.99 Å². The van der Waals surface area contributed by atoms with Crippen LogP contribution in [0, 0.1) is 0 Å². The van der Waals surface area contributed by atoms with E-state index in [1.165, 1.54) is 14.2 Å². The summed E-state index contributed by atoms with van der Waals surface area (Å²) in [6, 6.07) is 0. The minimum atomic E-state index is 0.310. The molecule has 0 atom stereocenters. The van der Waals surface area contributed by atoms with Crippen LogP contribution in [0.1, 0.15) is 6.92 Å². The maximum Gasteiger partial charge on any atom is 0.218 e. The van der Waals surface area contributed by atoms with Crippen molar-refractivity contribution in [3.8, 4) is 0 Å². The highest BCUT2D eigenvalue weighted by molar-refractivity contribution is 5.92. The molecule has 0 aromatic carbocycles. The van der Waals surface area contributed by atoms with Gasteiger partial charge in [0.2, 0.25) is 11.8 Å². The molecule has 0 aromatic rings. The van der Waals surface area contributed by atoms with Crippen molar-refractivity contribution >= 4 is 5.90 Å². The third-order valence-electron chi connectivity index (χ3n) is 1.02. The fourth-order valence-electron chi connectivity index (χ4n) is 0.474. The highest BCUT2D eigenvalue weighted by Gasteiger charge is 1.98. The van der Waals surface area contributed by atoms with Crippen LogP contribution in [0.4, 0.5) is 0 Å². The molecule has 0 saturated heterocycles. The van der Waals surface area contributed by atoms with E-state index in [2.05, 4.69) is 18.2 Å². The highest BCUT2D eigenvalue weighted by Crippen LogP contribution is 2.00. The summed E-state index contributed by atoms with van der Waals surface area (Å²) in [5.74, 6) is 0.752. The molecule has 0 amide bonds. The first-order valence-electron chi connectivity index (χ1n) is 3.13. The monoisotopic (exact) mass is 155 g/mol. The van der Waals surface area contributed by atoms with Crippen LogP contribution in [0.3, 0.4) is 0 Å². The molecule has 0 fully saturated rings. The molecule has 0 N–H and O–H groups in total. The van der Waals surface area contributed by atoms with Crippen molar-refractivity contribution in [2.75, 3.05) is 14.2 Å². The molecule has 11 heavy (non-hydrogen) atoms. The van der Waals surface area contributed by atoms with E-state index in [0.717, 1.165) is 5.57 Å². The maximum absolute atomic E-state index is 4.89. The minimum Gasteiger partial charge on any atom is -0.481 e. The minimum absolute atomic E-state index is 0.310. The SMILES string of the molecule is C=C(/N=C(/OC)C(=C)C)OC. The van der Waals surface area contributed by atoms with E-state index in [4.69, 9.17) is 9.47 Å². The largest absolute Gasteiger partial charge is 0.481 e. The van der Waals surface area contributed by atoms with Gasteiger partial charge in [0.1, 0.15) is 0 Å². The van der Waals surface area contributed by atoms with Crippen LogP contribution in [0.25, 0.3) is 0 Å². The van der Waals surface area contributed by atoms with Gasteiger partial charge >= 0.3 is 0 Å². The van der Waals surface area contributed by atoms with Gasteiger partial charge in [0.15, 0.2) is 0 Å². The quantitative estimate of drug-likeness (QED) is 0.353. The summed E-state index contributed by atoms with van der Waals surface area (Å²) < 4.78 is 9.62. The number of hydrogen-bond donors (Lipinski definition) is 0. The van der Waals surface area contributed by atoms with Crippen molar-refractivity contribution in [3.63, 3.8) is 0 Å². The van der Waals surface area contributed by atoms with Crippen molar-refractivity contribution in [1.29, 1.82) is 0 Å². The van der Waals surface area contributed by atoms with Crippen LogP contribution >= 0.6 is 0 Å². The Bertz CT molecular complexity index is 194. The standard InChI is InChI=1S/C8H13NO2/c1-6(2)8(11-5)9-7(3)10-4/h1,3H2,2,4-5H3/b9-8+. The second kappa shape index (κ2) is 4.55. The van der Waals surface area contributed by atoms with Gasteiger partial charge in [-0.25, -0.2) is 0 Å². The summed E-state index contributed by atoms with van der Waals surface area (Å²) in [4.78, 5) is 3.89. The molecule has 0 saturated carbocycles. The van der Waals surface area contributed by atoms with E-state index < -0.39 is 0 Å². The molecular formula is C8H13NO2. The van der Waals surface area contributed by atoms with E-state index >= 15 is 0 Å². The predicted molar refractivity (Wildman–Crippen MR) is 45.4 cm³/mol. The Morgan fingerprint density at radius 2 is 1.73 bits per heavy atom. The normalized spacial score (nSPS) is 10.6. The van der Waals surface area contributed by atoms with Crippen LogP contribution in [0.2, 0.25) is 0 Å². The second-order valence-electron chi connectivity index (χ2n) is 2.00. The van der Waals surface area contributed by atoms with Gasteiger partial charge in [-0.15, -0.1) is 0 Å². The van der Waals surface area contributed by atoms with Gasteiger partial charge in [0.25, 0.3) is 0 Å². The summed E-state index contributed by atoms with van der Waals surface area (Å²) in [7, 11) is 3.02. The molecular weight excluding hydrogens is 142 g/mol. The fraction of sp³-hybridized carbons (Fsp3) is 0.375. The smallest absolute Gasteiger partial charge is 0.218 e. The first kappa shape index (κ1) is 9.75. The fourth-order valence-corrected chi connectivity index (χ4v) is 0.474. The number of methoxy groups -OCH3 is 2. The molecule has 0 aliphatic carbocycles. The zero-order valence-corrected chi connectivity index (χ0v) is 7.18. The van der Waals surface area contributed by atoms with Gasteiger partial charge in [-0.1, -0.05) is 6.58 Å². The summed E-state index contributed by atoms with van der Waals surface area (Å²) in [5.41, 5.74) is 0.741. The molecule has 62 valence electrons. The lowest BCUT2D eigenvalue weighted by molar-refractivity contribution is 0.286. The zero-order chi connectivity index (χ0) is 8.85. The summed E-state index contributed by atoms with van der Waals surface area (Å²) in [6.07, 6.45) is 0. The van der Waals surface area contributed by atoms with Crippen LogP contribution in [-0.4, -0.2) is 20.1 Å². The Morgan fingerprint density at radius 1 is 1.18 bits per heavy atom. The summed E-state index contributed by atoms with van der Waals surface area (Å²) >= 11 is 0. The Labute approximate surface area is 67.0 Å². The molecule has 3 nitrogen and oxygen atoms in total. The molecule has 0 bridgehead atoms. The first-order chi connectivity index (χ1) is 5.11. The maximum atomic E-state index is 4.89. The Balaban J connectivity index is 4.35. The Kier molecular flexibility index (Phi) is 4.03. The molecule has 0 unspecified atom stereocenters. The zero-order valence-electron chi connectivity index (χ0n) is 7.18. The van der Waals surface area contributed by atoms with Gasteiger partial charge in [0, 0.05) is 5.57 Å². The second-order valence-corrected chi connectivity index (χ2v) is 2.00. The van der Waals surface area contributed by atoms with Crippen molar-refractivity contribution in [2.45, 2.75) is 6.92 Å². The van der Waals surface area contributed by atoms with Crippen LogP contribution in [0.5, 0.6) is 0 Å². The Hall–Kier alpha value is -1.25. The van der Waals surface area contributed by atoms with Crippen molar-refractivity contribution in [1.82, 2.24) is 0 Å². The van der Waals surface area contributed by atoms with Gasteiger partial charge < -0.3 is 9.47 Å². The van der Waals surface area contributed by atoms with E-state index in [1.807, 2.05) is 0 Å². The lowest BCUT2D eigenvalue weighted by Gasteiger charge is -2.03. The van der Waals surface area contributed by atoms with E-state index in [0.29, 0.717) is 11.8 Å². The average molecular weight is 155 g/mol. The molecule has 0 spiro atoms. The van der Waals surface area contributed by atoms with Crippen LogP contribution < -0.4 is 0 Å². The van der Waals surface area contributed by atoms with Crippen LogP contribution in [-0.2, 0) is 9.47 Å². The van der Waals surface area contributed by atoms with Gasteiger partial charge in [-0.3, -0.25) is 0 Å². The lowest BCUT2D eigenvalue weighted by Crippen LogP contribution is -2.02. The van der Waals surface area contributed by atoms with Crippen molar-refractivity contribution < 1.29 is 9.47 Å². The molecule has 0 aliphatic rings. The predicted octanol–water partition coefficient (Wildman–Crippen LogP) is 1.72. The van der Waals surface area contributed by atoms with Gasteiger partial charge in [-0.05, 0) is 13.5 Å². The number of nitrogens with zero attached hydrogens (tertiary/aromatic N) is 1. The Morgan fingerprint density at radius 3 is 2.00 bits per heavy atom. The number of rotatable bonds is 3. The number of aliphatic imine (C=N–C) groups is 1. The summed E-state index contributed by atoms with van der Waals surface area (Å²) in [6.45, 7) is 8.97. The number of ether oxygens (including phenoxy) is 2. The first-order valence-corrected chi connectivity index (χ1v) is 3.13. The van der Waals surface area contributed by atoms with Crippen LogP contribution in [0.15, 0.2) is 29.6 Å². The van der Waals surface area contributed by atoms with E-state index in [1.54, 1.807) is 6.92 Å². The van der Waals surface area contributed by atoms with Gasteiger partial charge in [0.05, 0.1) is 14.2 Å². The van der Waals surface area contributed by atoms with Gasteiger partial charge in [-0.2, -0.15) is 4.99 Å². The topological polar surface area (TPSA) is 30.8 Å². The highest BCUT2D eigenvalue weighted by atomic mass is 16.5. The molecule has 3 heteroatoms. The summed E-state index contributed by atoms with van der Waals surface area (Å²) in [5, 5.41) is 0. The van der Waals surface area contributed by atoms with E-state index in [9.17, 15) is 0 Å². The third kappa shape index (κ3) is 3.45. The molecule has 0 rings (SSSR count). The molecule has 0 radical (unpaired) electrons. The lowest BCUT2D eigenvalue weighted by atomic mass is 10.3. The van der Waals surface area contributed by atoms with E-state index in [-0.39, 0.29) is 0 Å². The number of hydrogen-bond acceptors (Lipinski definition) is 3. The average Bonchev–Trinajstić information content (AvgIpc) is 1.99. The molecule has 0 aromatic heterocycles. The molecule has 0 aliphatic heterocycles. The molecule has 0 heterocycles. The third-order valence-corrected chi connectivity index (χ3v) is 1.02. The van der Waals surface area contributed by atoms with Crippen molar-refractivity contribution in [3.05, 3.63) is 24.6 Å².